The van der Waals surface area contributed by atoms with Crippen LogP contribution in [0.3, 0.4) is 0 Å². The first kappa shape index (κ1) is 18.5. The predicted octanol–water partition coefficient (Wildman–Crippen LogP) is 3.68. The Kier molecular flexibility index (Phi) is 5.85. The molecule has 0 spiro atoms. The number of ether oxygens (including phenoxy) is 1. The topological polar surface area (TPSA) is 50.5 Å². The van der Waals surface area contributed by atoms with Crippen molar-refractivity contribution < 1.29 is 9.13 Å². The van der Waals surface area contributed by atoms with Crippen LogP contribution in [0.25, 0.3) is 0 Å². The molecule has 2 aliphatic rings. The van der Waals surface area contributed by atoms with Gasteiger partial charge in [0, 0.05) is 31.4 Å². The van der Waals surface area contributed by atoms with Crippen molar-refractivity contribution in [3.05, 3.63) is 23.5 Å². The van der Waals surface area contributed by atoms with E-state index in [1.54, 1.807) is 6.07 Å². The largest absolute Gasteiger partial charge is 0.385 e. The van der Waals surface area contributed by atoms with Crippen LogP contribution in [0.2, 0.25) is 0 Å². The molecule has 0 unspecified atom stereocenters. The average molecular weight is 349 g/mol. The van der Waals surface area contributed by atoms with Crippen molar-refractivity contribution in [1.29, 1.82) is 0 Å². The maximum absolute atomic E-state index is 14.8. The summed E-state index contributed by atoms with van der Waals surface area (Å²) in [5.74, 6) is 0.498. The maximum Gasteiger partial charge on any atom is 0.148 e. The number of hydrogen-bond acceptors (Lipinski definition) is 4. The van der Waals surface area contributed by atoms with E-state index in [1.165, 1.54) is 0 Å². The lowest BCUT2D eigenvalue weighted by atomic mass is 9.86. The molecule has 0 aromatic heterocycles. The number of anilines is 2. The van der Waals surface area contributed by atoms with Gasteiger partial charge in [-0.3, -0.25) is 0 Å². The van der Waals surface area contributed by atoms with Crippen molar-refractivity contribution >= 4 is 11.4 Å². The van der Waals surface area contributed by atoms with Gasteiger partial charge in [-0.15, -0.1) is 0 Å². The van der Waals surface area contributed by atoms with Gasteiger partial charge < -0.3 is 20.7 Å². The van der Waals surface area contributed by atoms with Crippen molar-refractivity contribution in [2.45, 2.75) is 64.7 Å². The van der Waals surface area contributed by atoms with E-state index in [2.05, 4.69) is 16.3 Å². The molecule has 1 heterocycles. The Labute approximate surface area is 150 Å². The molecule has 3 rings (SSSR count). The van der Waals surface area contributed by atoms with Crippen LogP contribution in [0.5, 0.6) is 0 Å². The zero-order valence-electron chi connectivity index (χ0n) is 15.7. The van der Waals surface area contributed by atoms with Crippen LogP contribution in [0.1, 0.15) is 45.1 Å². The predicted molar refractivity (Wildman–Crippen MR) is 102 cm³/mol. The van der Waals surface area contributed by atoms with Crippen LogP contribution in [-0.2, 0) is 4.74 Å². The highest BCUT2D eigenvalue weighted by Gasteiger charge is 2.26. The van der Waals surface area contributed by atoms with Gasteiger partial charge >= 0.3 is 0 Å². The quantitative estimate of drug-likeness (QED) is 0.871. The van der Waals surface area contributed by atoms with Gasteiger partial charge in [0.1, 0.15) is 5.82 Å². The van der Waals surface area contributed by atoms with Gasteiger partial charge in [-0.2, -0.15) is 0 Å². The SMILES string of the molecule is Cc1cc(NCC2CCC(N)CC2)cc(F)c1N1C[C@@H](C)O[C@@H](C)C1. The van der Waals surface area contributed by atoms with Crippen molar-refractivity contribution in [3.8, 4) is 0 Å². The number of benzene rings is 1. The van der Waals surface area contributed by atoms with Crippen molar-refractivity contribution in [1.82, 2.24) is 0 Å². The molecule has 140 valence electrons. The fourth-order valence-corrected chi connectivity index (χ4v) is 4.25. The molecule has 2 fully saturated rings. The molecule has 3 N–H and O–H groups in total. The number of nitrogens with two attached hydrogens (primary N) is 1. The highest BCUT2D eigenvalue weighted by atomic mass is 19.1. The first-order chi connectivity index (χ1) is 11.9. The summed E-state index contributed by atoms with van der Waals surface area (Å²) in [5, 5.41) is 3.43. The van der Waals surface area contributed by atoms with Crippen molar-refractivity contribution in [2.24, 2.45) is 11.7 Å². The van der Waals surface area contributed by atoms with Crippen molar-refractivity contribution in [3.63, 3.8) is 0 Å². The number of nitrogens with zero attached hydrogens (tertiary/aromatic N) is 1. The fourth-order valence-electron chi connectivity index (χ4n) is 4.25. The van der Waals surface area contributed by atoms with E-state index in [0.717, 1.165) is 62.3 Å². The standard InChI is InChI=1S/C20H32FN3O/c1-13-8-18(23-10-16-4-6-17(22)7-5-16)9-19(21)20(13)24-11-14(2)25-15(3)12-24/h8-9,14-17,23H,4-7,10-12,22H2,1-3H3/t14-,15+,16?,17?. The number of aryl methyl sites for hydroxylation is 1. The van der Waals surface area contributed by atoms with E-state index in [4.69, 9.17) is 10.5 Å². The summed E-state index contributed by atoms with van der Waals surface area (Å²) in [6.07, 6.45) is 4.78. The van der Waals surface area contributed by atoms with E-state index in [-0.39, 0.29) is 18.0 Å². The Morgan fingerprint density at radius 1 is 1.16 bits per heavy atom. The third-order valence-corrected chi connectivity index (χ3v) is 5.48. The first-order valence-electron chi connectivity index (χ1n) is 9.62. The second-order valence-corrected chi connectivity index (χ2v) is 7.95. The first-order valence-corrected chi connectivity index (χ1v) is 9.62. The van der Waals surface area contributed by atoms with Crippen LogP contribution in [0.15, 0.2) is 12.1 Å². The molecule has 2 atom stereocenters. The summed E-state index contributed by atoms with van der Waals surface area (Å²) >= 11 is 0. The van der Waals surface area contributed by atoms with E-state index in [1.807, 2.05) is 20.8 Å². The highest BCUT2D eigenvalue weighted by Crippen LogP contribution is 2.31. The van der Waals surface area contributed by atoms with Gasteiger partial charge in [0.15, 0.2) is 0 Å². The molecule has 0 radical (unpaired) electrons. The molecule has 5 heteroatoms. The molecule has 1 aromatic rings. The minimum atomic E-state index is -0.144. The molecule has 0 amide bonds. The van der Waals surface area contributed by atoms with Gasteiger partial charge in [-0.05, 0) is 70.1 Å². The lowest BCUT2D eigenvalue weighted by molar-refractivity contribution is -0.00542. The Morgan fingerprint density at radius 3 is 2.40 bits per heavy atom. The minimum absolute atomic E-state index is 0.123. The van der Waals surface area contributed by atoms with Crippen molar-refractivity contribution in [2.75, 3.05) is 29.9 Å². The number of rotatable bonds is 4. The summed E-state index contributed by atoms with van der Waals surface area (Å²) in [5.41, 5.74) is 8.54. The summed E-state index contributed by atoms with van der Waals surface area (Å²) < 4.78 is 20.6. The van der Waals surface area contributed by atoms with E-state index in [9.17, 15) is 4.39 Å². The van der Waals surface area contributed by atoms with E-state index < -0.39 is 0 Å². The summed E-state index contributed by atoms with van der Waals surface area (Å²) in [6.45, 7) is 8.45. The third-order valence-electron chi connectivity index (χ3n) is 5.48. The monoisotopic (exact) mass is 349 g/mol. The number of hydrogen-bond donors (Lipinski definition) is 2. The van der Waals surface area contributed by atoms with Crippen LogP contribution >= 0.6 is 0 Å². The van der Waals surface area contributed by atoms with Gasteiger partial charge in [0.25, 0.3) is 0 Å². The van der Waals surface area contributed by atoms with E-state index in [0.29, 0.717) is 12.0 Å². The molecule has 1 aliphatic carbocycles. The van der Waals surface area contributed by atoms with Crippen LogP contribution < -0.4 is 16.0 Å². The molecule has 0 bridgehead atoms. The van der Waals surface area contributed by atoms with Crippen LogP contribution in [0, 0.1) is 18.7 Å². The summed E-state index contributed by atoms with van der Waals surface area (Å²) in [4.78, 5) is 2.12. The number of nitrogens with one attached hydrogen (secondary N) is 1. The number of morpholine rings is 1. The molecule has 1 aliphatic heterocycles. The van der Waals surface area contributed by atoms with Gasteiger partial charge in [-0.25, -0.2) is 4.39 Å². The third kappa shape index (κ3) is 4.64. The minimum Gasteiger partial charge on any atom is -0.385 e. The normalized spacial score (nSPS) is 30.4. The molecule has 1 saturated carbocycles. The fraction of sp³-hybridized carbons (Fsp3) is 0.700. The Balaban J connectivity index is 1.65. The molecular weight excluding hydrogens is 317 g/mol. The molecule has 1 saturated heterocycles. The Bertz CT molecular complexity index is 553. The van der Waals surface area contributed by atoms with Gasteiger partial charge in [0.2, 0.25) is 0 Å². The second kappa shape index (κ2) is 7.92. The lowest BCUT2D eigenvalue weighted by Crippen LogP contribution is -2.46. The molecule has 4 nitrogen and oxygen atoms in total. The lowest BCUT2D eigenvalue weighted by Gasteiger charge is -2.37. The summed E-state index contributed by atoms with van der Waals surface area (Å²) in [7, 11) is 0. The second-order valence-electron chi connectivity index (χ2n) is 7.95. The Morgan fingerprint density at radius 2 is 1.80 bits per heavy atom. The van der Waals surface area contributed by atoms with Gasteiger partial charge in [-0.1, -0.05) is 0 Å². The summed E-state index contributed by atoms with van der Waals surface area (Å²) in [6, 6.07) is 4.08. The van der Waals surface area contributed by atoms with Crippen LogP contribution in [-0.4, -0.2) is 37.9 Å². The number of halogens is 1. The van der Waals surface area contributed by atoms with Gasteiger partial charge in [0.05, 0.1) is 17.9 Å². The zero-order chi connectivity index (χ0) is 18.0. The molecular formula is C20H32FN3O. The molecule has 25 heavy (non-hydrogen) atoms. The Hall–Kier alpha value is -1.33. The molecule has 1 aromatic carbocycles. The van der Waals surface area contributed by atoms with Crippen LogP contribution in [0.4, 0.5) is 15.8 Å². The average Bonchev–Trinajstić information content (AvgIpc) is 2.53. The smallest absolute Gasteiger partial charge is 0.148 e. The zero-order valence-corrected chi connectivity index (χ0v) is 15.7. The van der Waals surface area contributed by atoms with E-state index >= 15 is 0 Å². The highest BCUT2D eigenvalue weighted by molar-refractivity contribution is 5.62. The maximum atomic E-state index is 14.8.